The van der Waals surface area contributed by atoms with Crippen molar-refractivity contribution in [1.29, 1.82) is 0 Å². The monoisotopic (exact) mass is 376 g/mol. The molecule has 2 rings (SSSR count). The fourth-order valence-electron chi connectivity index (χ4n) is 2.71. The van der Waals surface area contributed by atoms with E-state index in [2.05, 4.69) is 21.2 Å². The first-order valence-electron chi connectivity index (χ1n) is 6.99. The van der Waals surface area contributed by atoms with Crippen molar-refractivity contribution in [1.82, 2.24) is 0 Å². The Balaban J connectivity index is 0.00000220. The van der Waals surface area contributed by atoms with Crippen LogP contribution in [0.4, 0.5) is 5.69 Å². The van der Waals surface area contributed by atoms with Crippen molar-refractivity contribution >= 4 is 39.9 Å². The van der Waals surface area contributed by atoms with E-state index in [1.54, 1.807) is 7.11 Å². The lowest BCUT2D eigenvalue weighted by molar-refractivity contribution is -0.117. The van der Waals surface area contributed by atoms with E-state index in [0.717, 1.165) is 17.3 Å². The Morgan fingerprint density at radius 1 is 1.43 bits per heavy atom. The highest BCUT2D eigenvalue weighted by molar-refractivity contribution is 9.10. The average Bonchev–Trinajstić information content (AvgIpc) is 2.41. The number of rotatable bonds is 4. The summed E-state index contributed by atoms with van der Waals surface area (Å²) in [6.07, 6.45) is 4.91. The first-order chi connectivity index (χ1) is 9.60. The van der Waals surface area contributed by atoms with Crippen LogP contribution in [-0.2, 0) is 4.79 Å². The Morgan fingerprint density at radius 2 is 2.14 bits per heavy atom. The van der Waals surface area contributed by atoms with E-state index in [0.29, 0.717) is 23.8 Å². The summed E-state index contributed by atoms with van der Waals surface area (Å²) in [4.78, 5) is 12.2. The number of hydrogen-bond acceptors (Lipinski definition) is 3. The molecule has 0 saturated heterocycles. The van der Waals surface area contributed by atoms with Crippen LogP contribution < -0.4 is 15.8 Å². The van der Waals surface area contributed by atoms with E-state index in [-0.39, 0.29) is 24.4 Å². The molecule has 0 radical (unpaired) electrons. The molecular formula is C15H22BrClN2O2. The molecule has 4 nitrogen and oxygen atoms in total. The maximum absolute atomic E-state index is 12.2. The van der Waals surface area contributed by atoms with Crippen LogP contribution in [0.2, 0.25) is 0 Å². The van der Waals surface area contributed by atoms with E-state index in [1.165, 1.54) is 12.8 Å². The third kappa shape index (κ3) is 5.16. The van der Waals surface area contributed by atoms with Gasteiger partial charge in [0.15, 0.2) is 0 Å². The van der Waals surface area contributed by atoms with E-state index in [9.17, 15) is 4.79 Å². The molecule has 0 heterocycles. The molecule has 3 N–H and O–H groups in total. The molecule has 21 heavy (non-hydrogen) atoms. The van der Waals surface area contributed by atoms with Gasteiger partial charge in [-0.05, 0) is 37.0 Å². The third-order valence-corrected chi connectivity index (χ3v) is 4.34. The fourth-order valence-corrected chi connectivity index (χ4v) is 3.07. The molecule has 118 valence electrons. The van der Waals surface area contributed by atoms with Gasteiger partial charge in [-0.3, -0.25) is 4.79 Å². The Morgan fingerprint density at radius 3 is 2.81 bits per heavy atom. The van der Waals surface area contributed by atoms with Crippen LogP contribution >= 0.6 is 28.3 Å². The zero-order valence-corrected chi connectivity index (χ0v) is 14.5. The van der Waals surface area contributed by atoms with E-state index < -0.39 is 0 Å². The Kier molecular flexibility index (Phi) is 7.49. The number of carbonyl (C=O) groups is 1. The molecule has 0 aromatic heterocycles. The number of halogens is 2. The van der Waals surface area contributed by atoms with Crippen molar-refractivity contribution in [2.45, 2.75) is 38.1 Å². The molecule has 0 spiro atoms. The highest BCUT2D eigenvalue weighted by Crippen LogP contribution is 2.30. The predicted molar refractivity (Wildman–Crippen MR) is 91.1 cm³/mol. The summed E-state index contributed by atoms with van der Waals surface area (Å²) in [6.45, 7) is 0. The highest BCUT2D eigenvalue weighted by Gasteiger charge is 2.24. The number of carbonyl (C=O) groups excluding carboxylic acids is 1. The molecule has 0 aliphatic heterocycles. The Labute approximate surface area is 140 Å². The summed E-state index contributed by atoms with van der Waals surface area (Å²) in [5.41, 5.74) is 6.78. The molecule has 0 bridgehead atoms. The number of anilines is 1. The van der Waals surface area contributed by atoms with Crippen molar-refractivity contribution in [2.75, 3.05) is 12.4 Å². The second-order valence-corrected chi connectivity index (χ2v) is 6.22. The normalized spacial score (nSPS) is 21.3. The first-order valence-corrected chi connectivity index (χ1v) is 7.78. The van der Waals surface area contributed by atoms with Crippen molar-refractivity contribution in [3.8, 4) is 5.75 Å². The number of hydrogen-bond donors (Lipinski definition) is 2. The number of methoxy groups -OCH3 is 1. The molecule has 1 fully saturated rings. The van der Waals surface area contributed by atoms with Crippen molar-refractivity contribution in [3.05, 3.63) is 22.7 Å². The minimum atomic E-state index is 0. The predicted octanol–water partition coefficient (Wildman–Crippen LogP) is 3.73. The lowest BCUT2D eigenvalue weighted by Gasteiger charge is -2.28. The van der Waals surface area contributed by atoms with Crippen molar-refractivity contribution in [2.24, 2.45) is 11.7 Å². The zero-order valence-electron chi connectivity index (χ0n) is 12.1. The number of nitrogens with one attached hydrogen (secondary N) is 1. The second kappa shape index (κ2) is 8.61. The van der Waals surface area contributed by atoms with Gasteiger partial charge in [0.2, 0.25) is 5.91 Å². The summed E-state index contributed by atoms with van der Waals surface area (Å²) in [7, 11) is 1.59. The minimum absolute atomic E-state index is 0. The zero-order chi connectivity index (χ0) is 14.5. The van der Waals surface area contributed by atoms with Gasteiger partial charge in [-0.25, -0.2) is 0 Å². The lowest BCUT2D eigenvalue weighted by atomic mass is 9.83. The van der Waals surface area contributed by atoms with Crippen LogP contribution in [-0.4, -0.2) is 19.1 Å². The minimum Gasteiger partial charge on any atom is -0.495 e. The van der Waals surface area contributed by atoms with Crippen LogP contribution in [0, 0.1) is 5.92 Å². The molecule has 1 aromatic rings. The number of amides is 1. The molecule has 1 aliphatic carbocycles. The van der Waals surface area contributed by atoms with Gasteiger partial charge in [-0.2, -0.15) is 0 Å². The van der Waals surface area contributed by atoms with Crippen molar-refractivity contribution in [3.63, 3.8) is 0 Å². The summed E-state index contributed by atoms with van der Waals surface area (Å²) >= 11 is 3.40. The second-order valence-electron chi connectivity index (χ2n) is 5.31. The van der Waals surface area contributed by atoms with Crippen molar-refractivity contribution < 1.29 is 9.53 Å². The standard InChI is InChI=1S/C15H21BrN2O2.ClH/c1-20-14-7-6-11(16)9-13(14)18-15(19)8-10-4-2-3-5-12(10)17;/h6-7,9-10,12H,2-5,8,17H2,1H3,(H,18,19);1H. The molecule has 6 heteroatoms. The largest absolute Gasteiger partial charge is 0.495 e. The number of ether oxygens (including phenoxy) is 1. The molecule has 1 aliphatic rings. The number of benzene rings is 1. The third-order valence-electron chi connectivity index (χ3n) is 3.85. The van der Waals surface area contributed by atoms with Crippen LogP contribution in [0.15, 0.2) is 22.7 Å². The molecule has 1 aromatic carbocycles. The molecule has 1 amide bonds. The van der Waals surface area contributed by atoms with Crippen LogP contribution in [0.5, 0.6) is 5.75 Å². The molecule has 2 atom stereocenters. The van der Waals surface area contributed by atoms with Crippen LogP contribution in [0.25, 0.3) is 0 Å². The van der Waals surface area contributed by atoms with E-state index in [1.807, 2.05) is 18.2 Å². The molecule has 1 saturated carbocycles. The average molecular weight is 378 g/mol. The Bertz CT molecular complexity index is 485. The van der Waals surface area contributed by atoms with Gasteiger partial charge < -0.3 is 15.8 Å². The first kappa shape index (κ1) is 18.3. The molecule has 2 unspecified atom stereocenters. The fraction of sp³-hybridized carbons (Fsp3) is 0.533. The van der Waals surface area contributed by atoms with E-state index >= 15 is 0 Å². The maximum atomic E-state index is 12.2. The van der Waals surface area contributed by atoms with Gasteiger partial charge in [0.05, 0.1) is 12.8 Å². The van der Waals surface area contributed by atoms with E-state index in [4.69, 9.17) is 10.5 Å². The number of nitrogens with two attached hydrogens (primary N) is 1. The van der Waals surface area contributed by atoms with Gasteiger partial charge in [-0.15, -0.1) is 12.4 Å². The van der Waals surface area contributed by atoms with Gasteiger partial charge in [-0.1, -0.05) is 28.8 Å². The van der Waals surface area contributed by atoms with Gasteiger partial charge in [0.1, 0.15) is 5.75 Å². The lowest BCUT2D eigenvalue weighted by Crippen LogP contribution is -2.35. The Hall–Kier alpha value is -0.780. The highest BCUT2D eigenvalue weighted by atomic mass is 79.9. The maximum Gasteiger partial charge on any atom is 0.224 e. The SMILES string of the molecule is COc1ccc(Br)cc1NC(=O)CC1CCCCC1N.Cl. The summed E-state index contributed by atoms with van der Waals surface area (Å²) in [5, 5.41) is 2.92. The van der Waals surface area contributed by atoms with Crippen LogP contribution in [0.1, 0.15) is 32.1 Å². The topological polar surface area (TPSA) is 64.3 Å². The van der Waals surface area contributed by atoms with Gasteiger partial charge in [0.25, 0.3) is 0 Å². The summed E-state index contributed by atoms with van der Waals surface area (Å²) in [5.74, 6) is 0.958. The van der Waals surface area contributed by atoms with Gasteiger partial charge in [0, 0.05) is 16.9 Å². The quantitative estimate of drug-likeness (QED) is 0.840. The summed E-state index contributed by atoms with van der Waals surface area (Å²) < 4.78 is 6.16. The molecular weight excluding hydrogens is 356 g/mol. The van der Waals surface area contributed by atoms with Crippen LogP contribution in [0.3, 0.4) is 0 Å². The smallest absolute Gasteiger partial charge is 0.224 e. The van der Waals surface area contributed by atoms with Gasteiger partial charge >= 0.3 is 0 Å². The summed E-state index contributed by atoms with van der Waals surface area (Å²) in [6, 6.07) is 5.70.